The van der Waals surface area contributed by atoms with E-state index in [4.69, 9.17) is 14.2 Å². The molecule has 0 bridgehead atoms. The highest BCUT2D eigenvalue weighted by Gasteiger charge is 2.16. The lowest BCUT2D eigenvalue weighted by Crippen LogP contribution is -2.20. The minimum Gasteiger partial charge on any atom is -0.494 e. The van der Waals surface area contributed by atoms with E-state index in [9.17, 15) is 14.0 Å². The predicted molar refractivity (Wildman–Crippen MR) is 166 cm³/mol. The van der Waals surface area contributed by atoms with Crippen molar-refractivity contribution >= 4 is 11.9 Å². The van der Waals surface area contributed by atoms with E-state index < -0.39 is 24.7 Å². The summed E-state index contributed by atoms with van der Waals surface area (Å²) >= 11 is 0. The number of esters is 2. The lowest BCUT2D eigenvalue weighted by molar-refractivity contribution is 0.0211. The molecule has 0 saturated carbocycles. The summed E-state index contributed by atoms with van der Waals surface area (Å²) in [6, 6.07) is 21.3. The molecule has 6 heteroatoms. The number of unbranched alkanes of at least 4 members (excludes halogenated alkanes) is 8. The highest BCUT2D eigenvalue weighted by Crippen LogP contribution is 2.24. The third-order valence-corrected chi connectivity index (χ3v) is 7.20. The minimum atomic E-state index is -0.740. The fourth-order valence-corrected chi connectivity index (χ4v) is 4.63. The van der Waals surface area contributed by atoms with Gasteiger partial charge in [-0.05, 0) is 78.9 Å². The molecule has 0 saturated heterocycles. The molecule has 0 fully saturated rings. The molecule has 1 unspecified atom stereocenters. The summed E-state index contributed by atoms with van der Waals surface area (Å²) in [5, 5.41) is 0. The second kappa shape index (κ2) is 18.7. The van der Waals surface area contributed by atoms with E-state index in [0.29, 0.717) is 17.7 Å². The van der Waals surface area contributed by atoms with Gasteiger partial charge in [0.15, 0.2) is 0 Å². The van der Waals surface area contributed by atoms with Gasteiger partial charge in [0.25, 0.3) is 0 Å². The fraction of sp³-hybridized carbons (Fsp3) is 0.444. The van der Waals surface area contributed by atoms with Crippen molar-refractivity contribution in [1.29, 1.82) is 0 Å². The van der Waals surface area contributed by atoms with Gasteiger partial charge in [-0.25, -0.2) is 14.0 Å². The van der Waals surface area contributed by atoms with Gasteiger partial charge in [-0.3, -0.25) is 0 Å². The molecule has 5 nitrogen and oxygen atoms in total. The summed E-state index contributed by atoms with van der Waals surface area (Å²) in [6.45, 7) is 4.36. The molecule has 0 heterocycles. The lowest BCUT2D eigenvalue weighted by atomic mass is 10.0. The normalized spacial score (nSPS) is 11.6. The van der Waals surface area contributed by atoms with E-state index >= 15 is 0 Å². The SMILES string of the molecule is CCCCCCCCOc1ccc(-c2ccc(C(=O)Oc3ccc(C(=O)OC(CF)CCCCCC)cc3)cc2)cc1. The number of carbonyl (C=O) groups excluding carboxylic acids is 2. The number of halogens is 1. The molecule has 0 aliphatic carbocycles. The van der Waals surface area contributed by atoms with Gasteiger partial charge in [0, 0.05) is 0 Å². The Labute approximate surface area is 250 Å². The minimum absolute atomic E-state index is 0.282. The van der Waals surface area contributed by atoms with Gasteiger partial charge >= 0.3 is 11.9 Å². The van der Waals surface area contributed by atoms with Gasteiger partial charge in [0.1, 0.15) is 24.3 Å². The van der Waals surface area contributed by atoms with E-state index in [1.165, 1.54) is 56.4 Å². The summed E-state index contributed by atoms with van der Waals surface area (Å²) in [4.78, 5) is 25.1. The van der Waals surface area contributed by atoms with Crippen molar-refractivity contribution in [1.82, 2.24) is 0 Å². The van der Waals surface area contributed by atoms with Crippen molar-refractivity contribution in [3.8, 4) is 22.6 Å². The van der Waals surface area contributed by atoms with Crippen LogP contribution in [0.15, 0.2) is 72.8 Å². The van der Waals surface area contributed by atoms with Crippen LogP contribution in [0.1, 0.15) is 105 Å². The van der Waals surface area contributed by atoms with Crippen LogP contribution in [0, 0.1) is 0 Å². The highest BCUT2D eigenvalue weighted by molar-refractivity contribution is 5.92. The number of benzene rings is 3. The number of ether oxygens (including phenoxy) is 3. The van der Waals surface area contributed by atoms with Crippen LogP contribution in [0.3, 0.4) is 0 Å². The molecular weight excluding hydrogens is 531 g/mol. The molecule has 0 aliphatic heterocycles. The standard InChI is InChI=1S/C36H45FO5/c1-3-5-7-9-10-12-26-40-32-22-18-29(19-23-32)28-14-16-30(17-15-28)35(38)41-33-24-20-31(21-25-33)36(39)42-34(27-37)13-11-8-6-4-2/h14-25,34H,3-13,26-27H2,1-2H3. The van der Waals surface area contributed by atoms with Crippen LogP contribution in [0.25, 0.3) is 11.1 Å². The highest BCUT2D eigenvalue weighted by atomic mass is 19.1. The smallest absolute Gasteiger partial charge is 0.343 e. The maximum atomic E-state index is 13.3. The first-order valence-corrected chi connectivity index (χ1v) is 15.5. The third-order valence-electron chi connectivity index (χ3n) is 7.20. The van der Waals surface area contributed by atoms with Crippen LogP contribution in [0.2, 0.25) is 0 Å². The second-order valence-corrected chi connectivity index (χ2v) is 10.7. The summed E-state index contributed by atoms with van der Waals surface area (Å²) in [6.07, 6.45) is 11.2. The molecule has 0 spiro atoms. The molecule has 42 heavy (non-hydrogen) atoms. The first-order chi connectivity index (χ1) is 20.5. The zero-order chi connectivity index (χ0) is 30.0. The molecule has 3 aromatic rings. The predicted octanol–water partition coefficient (Wildman–Crippen LogP) is 9.78. The Morgan fingerprint density at radius 1 is 0.619 bits per heavy atom. The summed E-state index contributed by atoms with van der Waals surface area (Å²) < 4.78 is 30.0. The lowest BCUT2D eigenvalue weighted by Gasteiger charge is -2.14. The van der Waals surface area contributed by atoms with Gasteiger partial charge < -0.3 is 14.2 Å². The maximum absolute atomic E-state index is 13.3. The van der Waals surface area contributed by atoms with Crippen molar-refractivity contribution in [3.05, 3.63) is 83.9 Å². The number of carbonyl (C=O) groups is 2. The molecule has 3 aromatic carbocycles. The maximum Gasteiger partial charge on any atom is 0.343 e. The number of hydrogen-bond donors (Lipinski definition) is 0. The fourth-order valence-electron chi connectivity index (χ4n) is 4.63. The van der Waals surface area contributed by atoms with Crippen LogP contribution in [0.4, 0.5) is 4.39 Å². The monoisotopic (exact) mass is 576 g/mol. The Morgan fingerprint density at radius 2 is 1.12 bits per heavy atom. The molecule has 0 radical (unpaired) electrons. The quantitative estimate of drug-likeness (QED) is 0.0807. The van der Waals surface area contributed by atoms with Gasteiger partial charge in [0.2, 0.25) is 0 Å². The topological polar surface area (TPSA) is 61.8 Å². The largest absolute Gasteiger partial charge is 0.494 e. The average molecular weight is 577 g/mol. The van der Waals surface area contributed by atoms with Crippen molar-refractivity contribution < 1.29 is 28.2 Å². The molecule has 1 atom stereocenters. The van der Waals surface area contributed by atoms with Gasteiger partial charge in [-0.15, -0.1) is 0 Å². The Balaban J connectivity index is 1.45. The third kappa shape index (κ3) is 11.3. The number of rotatable bonds is 19. The zero-order valence-corrected chi connectivity index (χ0v) is 25.1. The Kier molecular flexibility index (Phi) is 14.6. The van der Waals surface area contributed by atoms with E-state index in [0.717, 1.165) is 55.6 Å². The Bertz CT molecular complexity index is 1190. The molecule has 3 rings (SSSR count). The van der Waals surface area contributed by atoms with Gasteiger partial charge in [0.05, 0.1) is 17.7 Å². The first-order valence-electron chi connectivity index (χ1n) is 15.5. The van der Waals surface area contributed by atoms with Crippen molar-refractivity contribution in [2.75, 3.05) is 13.3 Å². The second-order valence-electron chi connectivity index (χ2n) is 10.7. The first kappa shape index (κ1) is 32.8. The molecular formula is C36H45FO5. The molecule has 0 aliphatic rings. The van der Waals surface area contributed by atoms with Crippen LogP contribution in [-0.2, 0) is 4.74 Å². The Hall–Kier alpha value is -3.67. The summed E-state index contributed by atoms with van der Waals surface area (Å²) in [7, 11) is 0. The van der Waals surface area contributed by atoms with Crippen LogP contribution < -0.4 is 9.47 Å². The van der Waals surface area contributed by atoms with E-state index in [1.54, 1.807) is 12.1 Å². The average Bonchev–Trinajstić information content (AvgIpc) is 3.02. The number of hydrogen-bond acceptors (Lipinski definition) is 5. The molecule has 0 aromatic heterocycles. The van der Waals surface area contributed by atoms with Gasteiger partial charge in [-0.2, -0.15) is 0 Å². The molecule has 226 valence electrons. The van der Waals surface area contributed by atoms with E-state index in [2.05, 4.69) is 13.8 Å². The summed E-state index contributed by atoms with van der Waals surface area (Å²) in [5.74, 6) is 0.0779. The van der Waals surface area contributed by atoms with E-state index in [1.807, 2.05) is 36.4 Å². The van der Waals surface area contributed by atoms with Gasteiger partial charge in [-0.1, -0.05) is 89.5 Å². The summed E-state index contributed by atoms with van der Waals surface area (Å²) in [5.41, 5.74) is 2.70. The van der Waals surface area contributed by atoms with Crippen LogP contribution in [-0.4, -0.2) is 31.3 Å². The molecule has 0 N–H and O–H groups in total. The van der Waals surface area contributed by atoms with Crippen molar-refractivity contribution in [2.45, 2.75) is 90.6 Å². The Morgan fingerprint density at radius 3 is 1.74 bits per heavy atom. The van der Waals surface area contributed by atoms with Crippen molar-refractivity contribution in [3.63, 3.8) is 0 Å². The zero-order valence-electron chi connectivity index (χ0n) is 25.1. The van der Waals surface area contributed by atoms with Crippen LogP contribution >= 0.6 is 0 Å². The van der Waals surface area contributed by atoms with Crippen molar-refractivity contribution in [2.24, 2.45) is 0 Å². The molecule has 0 amide bonds. The number of alkyl halides is 1. The van der Waals surface area contributed by atoms with E-state index in [-0.39, 0.29) is 5.56 Å². The van der Waals surface area contributed by atoms with Crippen LogP contribution in [0.5, 0.6) is 11.5 Å².